The van der Waals surface area contributed by atoms with Crippen LogP contribution in [0.1, 0.15) is 19.4 Å². The number of pyridine rings is 1. The maximum Gasteiger partial charge on any atom is 0.279 e. The van der Waals surface area contributed by atoms with Crippen molar-refractivity contribution < 1.29 is 17.9 Å². The third-order valence-corrected chi connectivity index (χ3v) is 5.44. The second kappa shape index (κ2) is 8.13. The van der Waals surface area contributed by atoms with Crippen LogP contribution in [0.3, 0.4) is 0 Å². The zero-order valence-electron chi connectivity index (χ0n) is 14.8. The molecule has 26 heavy (non-hydrogen) atoms. The van der Waals surface area contributed by atoms with Gasteiger partial charge in [0.25, 0.3) is 10.2 Å². The number of benzene rings is 1. The lowest BCUT2D eigenvalue weighted by atomic mass is 10.3. The van der Waals surface area contributed by atoms with E-state index in [1.807, 2.05) is 44.2 Å². The highest BCUT2D eigenvalue weighted by Crippen LogP contribution is 2.19. The van der Waals surface area contributed by atoms with Gasteiger partial charge in [-0.3, -0.25) is 0 Å². The van der Waals surface area contributed by atoms with Crippen molar-refractivity contribution in [1.82, 2.24) is 14.0 Å². The molecule has 0 unspecified atom stereocenters. The average molecular weight is 377 g/mol. The van der Waals surface area contributed by atoms with Crippen LogP contribution < -0.4 is 9.46 Å². The van der Waals surface area contributed by atoms with Gasteiger partial charge in [0.2, 0.25) is 5.88 Å². The molecule has 1 aromatic carbocycles. The summed E-state index contributed by atoms with van der Waals surface area (Å²) in [5, 5.41) is 0. The van der Waals surface area contributed by atoms with E-state index in [1.54, 1.807) is 18.3 Å². The zero-order chi connectivity index (χ0) is 18.6. The van der Waals surface area contributed by atoms with Crippen molar-refractivity contribution in [2.45, 2.75) is 32.6 Å². The average Bonchev–Trinajstić information content (AvgIpc) is 2.60. The number of hydrogen-bond acceptors (Lipinski definition) is 5. The summed E-state index contributed by atoms with van der Waals surface area (Å²) in [6, 6.07) is 12.8. The summed E-state index contributed by atoms with van der Waals surface area (Å²) in [6.07, 6.45) is 1.35. The van der Waals surface area contributed by atoms with Gasteiger partial charge in [-0.25, -0.2) is 4.98 Å². The molecule has 2 atom stereocenters. The molecule has 1 aliphatic heterocycles. The van der Waals surface area contributed by atoms with E-state index in [4.69, 9.17) is 9.47 Å². The minimum absolute atomic E-state index is 0.123. The number of rotatable bonds is 6. The lowest BCUT2D eigenvalue weighted by Gasteiger charge is -2.34. The molecule has 7 nitrogen and oxygen atoms in total. The Morgan fingerprint density at radius 1 is 1.19 bits per heavy atom. The second-order valence-electron chi connectivity index (χ2n) is 6.32. The maximum absolute atomic E-state index is 12.5. The maximum atomic E-state index is 12.5. The molecule has 2 heterocycles. The van der Waals surface area contributed by atoms with Crippen LogP contribution in [0.25, 0.3) is 0 Å². The zero-order valence-corrected chi connectivity index (χ0v) is 15.6. The minimum Gasteiger partial charge on any atom is -0.439 e. The van der Waals surface area contributed by atoms with Gasteiger partial charge < -0.3 is 9.47 Å². The molecular formula is C18H23N3O4S. The Labute approximate surface area is 154 Å². The highest BCUT2D eigenvalue weighted by molar-refractivity contribution is 7.87. The van der Waals surface area contributed by atoms with Gasteiger partial charge in [-0.15, -0.1) is 0 Å². The molecule has 1 aromatic heterocycles. The lowest BCUT2D eigenvalue weighted by Crippen LogP contribution is -2.51. The molecule has 140 valence electrons. The topological polar surface area (TPSA) is 80.8 Å². The number of ether oxygens (including phenoxy) is 2. The molecule has 0 saturated carbocycles. The van der Waals surface area contributed by atoms with E-state index in [0.717, 1.165) is 5.56 Å². The number of nitrogens with one attached hydrogen (secondary N) is 1. The molecule has 0 radical (unpaired) electrons. The molecular weight excluding hydrogens is 354 g/mol. The van der Waals surface area contributed by atoms with E-state index in [1.165, 1.54) is 4.31 Å². The van der Waals surface area contributed by atoms with Gasteiger partial charge in [-0.05, 0) is 37.6 Å². The fraction of sp³-hybridized carbons (Fsp3) is 0.389. The minimum atomic E-state index is -3.58. The summed E-state index contributed by atoms with van der Waals surface area (Å²) in [6.45, 7) is 4.59. The Morgan fingerprint density at radius 3 is 2.58 bits per heavy atom. The van der Waals surface area contributed by atoms with Crippen molar-refractivity contribution >= 4 is 10.2 Å². The van der Waals surface area contributed by atoms with Gasteiger partial charge in [-0.1, -0.05) is 18.2 Å². The number of nitrogens with zero attached hydrogens (tertiary/aromatic N) is 2. The summed E-state index contributed by atoms with van der Waals surface area (Å²) in [5.74, 6) is 1.09. The summed E-state index contributed by atoms with van der Waals surface area (Å²) >= 11 is 0. The molecule has 3 rings (SSSR count). The Kier molecular flexibility index (Phi) is 5.87. The van der Waals surface area contributed by atoms with Crippen molar-refractivity contribution in [1.29, 1.82) is 0 Å². The third-order valence-electron chi connectivity index (χ3n) is 3.95. The Bertz CT molecular complexity index is 819. The fourth-order valence-corrected chi connectivity index (χ4v) is 4.16. The van der Waals surface area contributed by atoms with Gasteiger partial charge in [0.1, 0.15) is 5.75 Å². The van der Waals surface area contributed by atoms with Crippen molar-refractivity contribution in [3.63, 3.8) is 0 Å². The molecule has 0 bridgehead atoms. The summed E-state index contributed by atoms with van der Waals surface area (Å²) in [5.41, 5.74) is 0.767. The molecule has 1 saturated heterocycles. The van der Waals surface area contributed by atoms with Crippen molar-refractivity contribution in [2.24, 2.45) is 0 Å². The van der Waals surface area contributed by atoms with Crippen LogP contribution in [0.5, 0.6) is 11.6 Å². The van der Waals surface area contributed by atoms with Crippen LogP contribution >= 0.6 is 0 Å². The van der Waals surface area contributed by atoms with E-state index >= 15 is 0 Å². The van der Waals surface area contributed by atoms with Crippen LogP contribution in [0, 0.1) is 0 Å². The Hall–Kier alpha value is -2.00. The predicted molar refractivity (Wildman–Crippen MR) is 98.1 cm³/mol. The Morgan fingerprint density at radius 2 is 1.88 bits per heavy atom. The number of hydrogen-bond donors (Lipinski definition) is 1. The highest BCUT2D eigenvalue weighted by atomic mass is 32.2. The van der Waals surface area contributed by atoms with Crippen molar-refractivity contribution in [3.05, 3.63) is 54.2 Å². The molecule has 1 aliphatic rings. The first-order chi connectivity index (χ1) is 12.4. The molecule has 1 fully saturated rings. The van der Waals surface area contributed by atoms with E-state index in [-0.39, 0.29) is 18.8 Å². The van der Waals surface area contributed by atoms with Crippen molar-refractivity contribution in [3.8, 4) is 11.6 Å². The molecule has 0 spiro atoms. The number of aromatic nitrogens is 1. The summed E-state index contributed by atoms with van der Waals surface area (Å²) in [4.78, 5) is 4.16. The third kappa shape index (κ3) is 5.01. The van der Waals surface area contributed by atoms with E-state index in [0.29, 0.717) is 24.7 Å². The van der Waals surface area contributed by atoms with Gasteiger partial charge in [0.15, 0.2) is 0 Å². The van der Waals surface area contributed by atoms with Crippen molar-refractivity contribution in [2.75, 3.05) is 13.1 Å². The van der Waals surface area contributed by atoms with Crippen LogP contribution in [0.4, 0.5) is 0 Å². The van der Waals surface area contributed by atoms with E-state index in [9.17, 15) is 8.42 Å². The van der Waals surface area contributed by atoms with Crippen LogP contribution in [0.15, 0.2) is 48.7 Å². The van der Waals surface area contributed by atoms with Crippen LogP contribution in [0.2, 0.25) is 0 Å². The largest absolute Gasteiger partial charge is 0.439 e. The predicted octanol–water partition coefficient (Wildman–Crippen LogP) is 2.32. The van der Waals surface area contributed by atoms with Gasteiger partial charge in [-0.2, -0.15) is 17.4 Å². The first kappa shape index (κ1) is 18.8. The van der Waals surface area contributed by atoms with Gasteiger partial charge in [0, 0.05) is 31.9 Å². The molecule has 1 N–H and O–H groups in total. The number of morpholine rings is 1. The van der Waals surface area contributed by atoms with Gasteiger partial charge in [0.05, 0.1) is 12.2 Å². The SMILES string of the molecule is C[C@H]1CN(S(=O)(=O)NCc2ccnc(Oc3ccccc3)c2)C[C@H](C)O1. The van der Waals surface area contributed by atoms with Crippen LogP contribution in [-0.2, 0) is 21.5 Å². The summed E-state index contributed by atoms with van der Waals surface area (Å²) in [7, 11) is -3.58. The first-order valence-corrected chi connectivity index (χ1v) is 9.94. The van der Waals surface area contributed by atoms with Crippen LogP contribution in [-0.4, -0.2) is 43.0 Å². The van der Waals surface area contributed by atoms with E-state index < -0.39 is 10.2 Å². The highest BCUT2D eigenvalue weighted by Gasteiger charge is 2.30. The molecule has 2 aromatic rings. The molecule has 0 aliphatic carbocycles. The molecule has 0 amide bonds. The monoisotopic (exact) mass is 377 g/mol. The first-order valence-electron chi connectivity index (χ1n) is 8.50. The summed E-state index contributed by atoms with van der Waals surface area (Å²) < 4.78 is 40.4. The Balaban J connectivity index is 1.63. The van der Waals surface area contributed by atoms with E-state index in [2.05, 4.69) is 9.71 Å². The number of para-hydroxylation sites is 1. The normalized spacial score (nSPS) is 21.5. The lowest BCUT2D eigenvalue weighted by molar-refractivity contribution is -0.0444. The fourth-order valence-electron chi connectivity index (χ4n) is 2.82. The van der Waals surface area contributed by atoms with Gasteiger partial charge >= 0.3 is 0 Å². The molecule has 8 heteroatoms. The smallest absolute Gasteiger partial charge is 0.279 e. The quantitative estimate of drug-likeness (QED) is 0.836. The standard InChI is InChI=1S/C18H23N3O4S/c1-14-12-21(13-15(2)24-14)26(22,23)20-11-16-8-9-19-18(10-16)25-17-6-4-3-5-7-17/h3-10,14-15,20H,11-13H2,1-2H3/t14-,15-/m0/s1. The second-order valence-corrected chi connectivity index (χ2v) is 8.07.